The van der Waals surface area contributed by atoms with Gasteiger partial charge in [-0.2, -0.15) is 5.26 Å². The minimum atomic E-state index is -0.724. The number of rotatable bonds is 6. The first-order valence-corrected chi connectivity index (χ1v) is 7.07. The molecule has 120 valence electrons. The van der Waals surface area contributed by atoms with E-state index in [0.29, 0.717) is 13.2 Å². The van der Waals surface area contributed by atoms with Gasteiger partial charge in [-0.3, -0.25) is 0 Å². The highest BCUT2D eigenvalue weighted by molar-refractivity contribution is 5.92. The van der Waals surface area contributed by atoms with E-state index in [0.717, 1.165) is 0 Å². The minimum absolute atomic E-state index is 0.0548. The number of carbonyl (C=O) groups excluding carboxylic acids is 1. The van der Waals surface area contributed by atoms with Gasteiger partial charge in [0.15, 0.2) is 0 Å². The summed E-state index contributed by atoms with van der Waals surface area (Å²) in [5, 5.41) is 9.18. The van der Waals surface area contributed by atoms with Crippen molar-refractivity contribution in [3.05, 3.63) is 11.5 Å². The molecule has 0 atom stereocenters. The second-order valence-electron chi connectivity index (χ2n) is 7.19. The summed E-state index contributed by atoms with van der Waals surface area (Å²) in [4.78, 5) is 11.8. The zero-order valence-corrected chi connectivity index (χ0v) is 14.2. The van der Waals surface area contributed by atoms with E-state index in [1.165, 1.54) is 0 Å². The van der Waals surface area contributed by atoms with Gasteiger partial charge in [0.2, 0.25) is 5.57 Å². The number of hydrogen-bond acceptors (Lipinski definition) is 5. The van der Waals surface area contributed by atoms with Crippen LogP contribution in [-0.4, -0.2) is 25.8 Å². The van der Waals surface area contributed by atoms with Crippen LogP contribution in [0.4, 0.5) is 0 Å². The summed E-state index contributed by atoms with van der Waals surface area (Å²) in [6, 6.07) is 1.81. The van der Waals surface area contributed by atoms with Gasteiger partial charge in [0.1, 0.15) is 6.07 Å². The second-order valence-corrected chi connectivity index (χ2v) is 7.19. The maximum atomic E-state index is 11.8. The van der Waals surface area contributed by atoms with Gasteiger partial charge in [0.05, 0.1) is 19.8 Å². The minimum Gasteiger partial charge on any atom is -0.464 e. The van der Waals surface area contributed by atoms with E-state index in [-0.39, 0.29) is 29.0 Å². The van der Waals surface area contributed by atoms with Gasteiger partial charge in [-0.1, -0.05) is 41.5 Å². The van der Waals surface area contributed by atoms with Crippen LogP contribution in [0.1, 0.15) is 48.5 Å². The van der Waals surface area contributed by atoms with Crippen LogP contribution in [0, 0.1) is 22.2 Å². The third-order valence-electron chi connectivity index (χ3n) is 2.07. The van der Waals surface area contributed by atoms with Gasteiger partial charge in [-0.15, -0.1) is 0 Å². The van der Waals surface area contributed by atoms with Crippen LogP contribution in [0.15, 0.2) is 11.5 Å². The average molecular weight is 297 g/mol. The largest absolute Gasteiger partial charge is 0.464 e. The predicted molar refractivity (Wildman–Crippen MR) is 80.1 cm³/mol. The molecule has 0 radical (unpaired) electrons. The van der Waals surface area contributed by atoms with Gasteiger partial charge >= 0.3 is 11.9 Å². The van der Waals surface area contributed by atoms with Crippen molar-refractivity contribution < 1.29 is 19.0 Å². The van der Waals surface area contributed by atoms with E-state index < -0.39 is 5.97 Å². The fraction of sp³-hybridized carbons (Fsp3) is 0.750. The molecule has 0 spiro atoms. The maximum Gasteiger partial charge on any atom is 0.356 e. The summed E-state index contributed by atoms with van der Waals surface area (Å²) in [5.41, 5.74) is -0.470. The lowest BCUT2D eigenvalue weighted by Gasteiger charge is -2.24. The fourth-order valence-corrected chi connectivity index (χ4v) is 1.13. The first kappa shape index (κ1) is 19.3. The lowest BCUT2D eigenvalue weighted by molar-refractivity contribution is -0.139. The molecule has 5 heteroatoms. The molecule has 0 fully saturated rings. The van der Waals surface area contributed by atoms with E-state index in [4.69, 9.17) is 14.2 Å². The van der Waals surface area contributed by atoms with Crippen LogP contribution in [0.3, 0.4) is 0 Å². The monoisotopic (exact) mass is 297 g/mol. The van der Waals surface area contributed by atoms with Crippen molar-refractivity contribution in [2.75, 3.05) is 19.8 Å². The Morgan fingerprint density at radius 2 is 1.38 bits per heavy atom. The van der Waals surface area contributed by atoms with Crippen molar-refractivity contribution in [3.63, 3.8) is 0 Å². The predicted octanol–water partition coefficient (Wildman–Crippen LogP) is 3.41. The van der Waals surface area contributed by atoms with Crippen LogP contribution < -0.4 is 0 Å². The summed E-state index contributed by atoms with van der Waals surface area (Å²) < 4.78 is 16.0. The molecule has 0 aromatic rings. The number of ether oxygens (including phenoxy) is 3. The zero-order valence-electron chi connectivity index (χ0n) is 14.2. The Bertz CT molecular complexity index is 399. The Hall–Kier alpha value is -1.70. The lowest BCUT2D eigenvalue weighted by Crippen LogP contribution is -2.21. The highest BCUT2D eigenvalue weighted by atomic mass is 16.7. The van der Waals surface area contributed by atoms with Gasteiger partial charge in [0.25, 0.3) is 0 Å². The summed E-state index contributed by atoms with van der Waals surface area (Å²) in [7, 11) is 0. The number of nitrogens with zero attached hydrogens (tertiary/aromatic N) is 1. The van der Waals surface area contributed by atoms with Crippen molar-refractivity contribution in [2.45, 2.75) is 48.5 Å². The normalized spacial score (nSPS) is 11.3. The van der Waals surface area contributed by atoms with E-state index >= 15 is 0 Å². The van der Waals surface area contributed by atoms with Gasteiger partial charge in [0, 0.05) is 0 Å². The second kappa shape index (κ2) is 7.92. The molecule has 5 nitrogen and oxygen atoms in total. The van der Waals surface area contributed by atoms with Gasteiger partial charge in [-0.05, 0) is 17.8 Å². The summed E-state index contributed by atoms with van der Waals surface area (Å²) in [5.74, 6) is -0.779. The van der Waals surface area contributed by atoms with Crippen LogP contribution in [0.5, 0.6) is 0 Å². The molecule has 0 amide bonds. The molecule has 0 aliphatic heterocycles. The van der Waals surface area contributed by atoms with E-state index in [2.05, 4.69) is 0 Å². The maximum absolute atomic E-state index is 11.8. The highest BCUT2D eigenvalue weighted by Gasteiger charge is 2.24. The Balaban J connectivity index is 5.24. The first-order chi connectivity index (χ1) is 9.50. The fourth-order valence-electron chi connectivity index (χ4n) is 1.13. The third kappa shape index (κ3) is 8.96. The Morgan fingerprint density at radius 1 is 0.952 bits per heavy atom. The van der Waals surface area contributed by atoms with E-state index in [1.807, 2.05) is 47.6 Å². The molecule has 21 heavy (non-hydrogen) atoms. The molecule has 0 unspecified atom stereocenters. The molecule has 0 bridgehead atoms. The Labute approximate surface area is 127 Å². The van der Waals surface area contributed by atoms with Crippen LogP contribution >= 0.6 is 0 Å². The number of esters is 1. The zero-order chi connectivity index (χ0) is 16.7. The van der Waals surface area contributed by atoms with Crippen molar-refractivity contribution in [3.8, 4) is 6.07 Å². The standard InChI is InChI=1S/C16H27NO4/c1-8-19-13(18)12(9-17)14(20-10-15(2,3)4)21-11-16(5,6)7/h8,10-11H2,1-7H3. The molecule has 0 aromatic heterocycles. The average Bonchev–Trinajstić information content (AvgIpc) is 2.30. The molecule has 0 N–H and O–H groups in total. The molecule has 0 heterocycles. The molecule has 0 aliphatic rings. The van der Waals surface area contributed by atoms with E-state index in [1.54, 1.807) is 6.92 Å². The van der Waals surface area contributed by atoms with E-state index in [9.17, 15) is 10.1 Å². The summed E-state index contributed by atoms with van der Waals surface area (Å²) >= 11 is 0. The summed E-state index contributed by atoms with van der Waals surface area (Å²) in [6.45, 7) is 14.5. The highest BCUT2D eigenvalue weighted by Crippen LogP contribution is 2.21. The third-order valence-corrected chi connectivity index (χ3v) is 2.07. The smallest absolute Gasteiger partial charge is 0.356 e. The van der Waals surface area contributed by atoms with Crippen LogP contribution in [0.2, 0.25) is 0 Å². The SMILES string of the molecule is CCOC(=O)C(C#N)=C(OCC(C)(C)C)OCC(C)(C)C. The quantitative estimate of drug-likeness (QED) is 0.325. The number of hydrogen-bond donors (Lipinski definition) is 0. The number of carbonyl (C=O) groups is 1. The van der Waals surface area contributed by atoms with Gasteiger partial charge < -0.3 is 14.2 Å². The molecule has 0 aliphatic carbocycles. The molecule has 0 aromatic carbocycles. The number of nitriles is 1. The van der Waals surface area contributed by atoms with Crippen LogP contribution in [-0.2, 0) is 19.0 Å². The Kier molecular flexibility index (Phi) is 7.28. The van der Waals surface area contributed by atoms with Crippen molar-refractivity contribution in [1.29, 1.82) is 5.26 Å². The van der Waals surface area contributed by atoms with Gasteiger partial charge in [-0.25, -0.2) is 4.79 Å². The molecular formula is C16H27NO4. The van der Waals surface area contributed by atoms with Crippen molar-refractivity contribution >= 4 is 5.97 Å². The summed E-state index contributed by atoms with van der Waals surface area (Å²) in [6.07, 6.45) is 0. The molecular weight excluding hydrogens is 270 g/mol. The molecule has 0 saturated carbocycles. The van der Waals surface area contributed by atoms with Crippen molar-refractivity contribution in [1.82, 2.24) is 0 Å². The first-order valence-electron chi connectivity index (χ1n) is 7.07. The lowest BCUT2D eigenvalue weighted by atomic mass is 9.98. The Morgan fingerprint density at radius 3 is 1.67 bits per heavy atom. The van der Waals surface area contributed by atoms with Crippen LogP contribution in [0.25, 0.3) is 0 Å². The topological polar surface area (TPSA) is 68.6 Å². The molecule has 0 saturated heterocycles. The van der Waals surface area contributed by atoms with Crippen molar-refractivity contribution in [2.24, 2.45) is 10.8 Å². The molecule has 0 rings (SSSR count).